The molecule has 6 N–H and O–H groups in total. The quantitative estimate of drug-likeness (QED) is 0.482. The predicted octanol–water partition coefficient (Wildman–Crippen LogP) is -0.956. The summed E-state index contributed by atoms with van der Waals surface area (Å²) < 4.78 is 5.57. The van der Waals surface area contributed by atoms with Gasteiger partial charge in [-0.1, -0.05) is 12.1 Å². The molecule has 5 atom stereocenters. The van der Waals surface area contributed by atoms with Gasteiger partial charge in [-0.3, -0.25) is 0 Å². The summed E-state index contributed by atoms with van der Waals surface area (Å²) >= 11 is 0. The Kier molecular flexibility index (Phi) is 3.45. The highest BCUT2D eigenvalue weighted by molar-refractivity contribution is 5.74. The Morgan fingerprint density at radius 2 is 2.00 bits per heavy atom. The van der Waals surface area contributed by atoms with Crippen molar-refractivity contribution in [3.8, 4) is 0 Å². The van der Waals surface area contributed by atoms with E-state index in [0.717, 1.165) is 11.0 Å². The molecule has 108 valence electrons. The zero-order chi connectivity index (χ0) is 14.3. The molecule has 2 heterocycles. The number of hydrogen-bond donors (Lipinski definition) is 5. The highest BCUT2D eigenvalue weighted by Gasteiger charge is 2.44. The van der Waals surface area contributed by atoms with E-state index in [1.54, 1.807) is 0 Å². The summed E-state index contributed by atoms with van der Waals surface area (Å²) in [6.07, 6.45) is -3.99. The average molecular weight is 279 g/mol. The largest absolute Gasteiger partial charge is 0.394 e. The summed E-state index contributed by atoms with van der Waals surface area (Å²) in [7, 11) is 0. The Bertz CT molecular complexity index is 567. The average Bonchev–Trinajstić information content (AvgIpc) is 2.89. The number of aromatic nitrogens is 2. The number of aromatic amines is 1. The van der Waals surface area contributed by atoms with Crippen LogP contribution in [0.2, 0.25) is 0 Å². The summed E-state index contributed by atoms with van der Waals surface area (Å²) in [5.74, 6) is 0.475. The monoisotopic (exact) mass is 279 g/mol. The zero-order valence-corrected chi connectivity index (χ0v) is 10.7. The second-order valence-electron chi connectivity index (χ2n) is 4.98. The molecule has 0 aliphatic carbocycles. The van der Waals surface area contributed by atoms with Crippen LogP contribution < -0.4 is 5.73 Å². The van der Waals surface area contributed by atoms with Crippen molar-refractivity contribution in [1.29, 1.82) is 0 Å². The maximum absolute atomic E-state index is 9.95. The minimum absolute atomic E-state index is 0.401. The fraction of sp³-hybridized carbons (Fsp3) is 0.462. The number of para-hydroxylation sites is 2. The Hall–Kier alpha value is -1.51. The number of hydrogen-bond acceptors (Lipinski definition) is 6. The van der Waals surface area contributed by atoms with Crippen LogP contribution in [-0.2, 0) is 4.74 Å². The molecule has 1 aromatic carbocycles. The van der Waals surface area contributed by atoms with Crippen molar-refractivity contribution in [2.45, 2.75) is 30.5 Å². The van der Waals surface area contributed by atoms with Crippen LogP contribution in [0.25, 0.3) is 11.0 Å². The molecule has 1 aliphatic heterocycles. The van der Waals surface area contributed by atoms with Gasteiger partial charge >= 0.3 is 0 Å². The van der Waals surface area contributed by atoms with Crippen LogP contribution in [0, 0.1) is 0 Å². The number of rotatable bonds is 2. The van der Waals surface area contributed by atoms with E-state index < -0.39 is 37.1 Å². The van der Waals surface area contributed by atoms with Gasteiger partial charge in [0.2, 0.25) is 0 Å². The molecule has 1 aromatic heterocycles. The van der Waals surface area contributed by atoms with Crippen molar-refractivity contribution in [1.82, 2.24) is 9.97 Å². The molecule has 2 aromatic rings. The van der Waals surface area contributed by atoms with Gasteiger partial charge in [-0.05, 0) is 12.1 Å². The summed E-state index contributed by atoms with van der Waals surface area (Å²) in [5.41, 5.74) is 7.50. The maximum atomic E-state index is 9.95. The van der Waals surface area contributed by atoms with E-state index >= 15 is 0 Å². The fourth-order valence-corrected chi connectivity index (χ4v) is 2.49. The highest BCUT2D eigenvalue weighted by atomic mass is 16.5. The molecule has 7 heteroatoms. The van der Waals surface area contributed by atoms with Crippen molar-refractivity contribution in [3.05, 3.63) is 30.1 Å². The van der Waals surface area contributed by atoms with E-state index in [0.29, 0.717) is 5.82 Å². The van der Waals surface area contributed by atoms with Crippen LogP contribution in [0.15, 0.2) is 24.3 Å². The van der Waals surface area contributed by atoms with Gasteiger partial charge in [0.1, 0.15) is 30.2 Å². The fourth-order valence-electron chi connectivity index (χ4n) is 2.49. The van der Waals surface area contributed by atoms with Gasteiger partial charge in [0, 0.05) is 0 Å². The molecular formula is C13H17N3O4. The smallest absolute Gasteiger partial charge is 0.138 e. The van der Waals surface area contributed by atoms with Gasteiger partial charge in [0.15, 0.2) is 0 Å². The molecule has 1 fully saturated rings. The second kappa shape index (κ2) is 5.12. The highest BCUT2D eigenvalue weighted by Crippen LogP contribution is 2.30. The molecule has 3 rings (SSSR count). The lowest BCUT2D eigenvalue weighted by atomic mass is 9.93. The van der Waals surface area contributed by atoms with E-state index in [1.165, 1.54) is 0 Å². The number of fused-ring (bicyclic) bond motifs is 1. The first-order valence-corrected chi connectivity index (χ1v) is 6.44. The van der Waals surface area contributed by atoms with Gasteiger partial charge in [-0.25, -0.2) is 4.98 Å². The zero-order valence-electron chi connectivity index (χ0n) is 10.7. The SMILES string of the molecule is N[C@@H]1[C@@H](O)[C@H](O)[C@@H](CO)O[C@H]1c1nc2ccccc2[nH]1. The topological polar surface area (TPSA) is 125 Å². The van der Waals surface area contributed by atoms with E-state index in [4.69, 9.17) is 10.5 Å². The standard InChI is InChI=1S/C13H17N3O4/c14-9-11(19)10(18)8(5-17)20-12(9)13-15-6-3-1-2-4-7(6)16-13/h1-4,8-12,17-19H,5,14H2,(H,15,16)/t8-,9-,10-,11-,12-/m1/s1. The third-order valence-electron chi connectivity index (χ3n) is 3.65. The van der Waals surface area contributed by atoms with Crippen LogP contribution in [0.5, 0.6) is 0 Å². The first kappa shape index (κ1) is 13.5. The number of H-pyrrole nitrogens is 1. The predicted molar refractivity (Wildman–Crippen MR) is 70.8 cm³/mol. The lowest BCUT2D eigenvalue weighted by Crippen LogP contribution is -2.58. The van der Waals surface area contributed by atoms with E-state index in [2.05, 4.69) is 9.97 Å². The molecule has 0 bridgehead atoms. The number of benzene rings is 1. The molecule has 0 unspecified atom stereocenters. The van der Waals surface area contributed by atoms with Gasteiger partial charge in [0.25, 0.3) is 0 Å². The van der Waals surface area contributed by atoms with E-state index in [9.17, 15) is 15.3 Å². The van der Waals surface area contributed by atoms with Crippen molar-refractivity contribution in [3.63, 3.8) is 0 Å². The Morgan fingerprint density at radius 3 is 2.70 bits per heavy atom. The third-order valence-corrected chi connectivity index (χ3v) is 3.65. The first-order chi connectivity index (χ1) is 9.61. The molecule has 7 nitrogen and oxygen atoms in total. The van der Waals surface area contributed by atoms with Crippen LogP contribution >= 0.6 is 0 Å². The lowest BCUT2D eigenvalue weighted by molar-refractivity contribution is -0.192. The van der Waals surface area contributed by atoms with Crippen molar-refractivity contribution in [2.24, 2.45) is 5.73 Å². The van der Waals surface area contributed by atoms with Crippen molar-refractivity contribution < 1.29 is 20.1 Å². The minimum atomic E-state index is -1.21. The van der Waals surface area contributed by atoms with Crippen molar-refractivity contribution >= 4 is 11.0 Å². The van der Waals surface area contributed by atoms with Gasteiger partial charge < -0.3 is 30.8 Å². The van der Waals surface area contributed by atoms with Gasteiger partial charge in [-0.15, -0.1) is 0 Å². The van der Waals surface area contributed by atoms with Crippen LogP contribution in [0.1, 0.15) is 11.9 Å². The number of aliphatic hydroxyl groups excluding tert-OH is 3. The first-order valence-electron chi connectivity index (χ1n) is 6.44. The van der Waals surface area contributed by atoms with Crippen LogP contribution in [-0.4, -0.2) is 56.2 Å². The molecule has 0 spiro atoms. The minimum Gasteiger partial charge on any atom is -0.394 e. The normalized spacial score (nSPS) is 34.5. The lowest BCUT2D eigenvalue weighted by Gasteiger charge is -2.39. The van der Waals surface area contributed by atoms with Crippen LogP contribution in [0.3, 0.4) is 0 Å². The number of aliphatic hydroxyl groups is 3. The molecule has 0 saturated carbocycles. The number of nitrogens with two attached hydrogens (primary N) is 1. The molecule has 0 amide bonds. The third kappa shape index (κ3) is 2.09. The maximum Gasteiger partial charge on any atom is 0.138 e. The summed E-state index contributed by atoms with van der Waals surface area (Å²) in [6, 6.07) is 6.63. The number of nitrogens with zero attached hydrogens (tertiary/aromatic N) is 1. The van der Waals surface area contributed by atoms with E-state index in [-0.39, 0.29) is 0 Å². The Morgan fingerprint density at radius 1 is 1.25 bits per heavy atom. The van der Waals surface area contributed by atoms with Gasteiger partial charge in [-0.2, -0.15) is 0 Å². The van der Waals surface area contributed by atoms with Crippen LogP contribution in [0.4, 0.5) is 0 Å². The number of ether oxygens (including phenoxy) is 1. The van der Waals surface area contributed by atoms with E-state index in [1.807, 2.05) is 24.3 Å². The molecular weight excluding hydrogens is 262 g/mol. The molecule has 1 saturated heterocycles. The van der Waals surface area contributed by atoms with Gasteiger partial charge in [0.05, 0.1) is 23.7 Å². The molecule has 20 heavy (non-hydrogen) atoms. The number of imidazole rings is 1. The summed E-state index contributed by atoms with van der Waals surface area (Å²) in [5, 5.41) is 28.9. The van der Waals surface area contributed by atoms with Crippen molar-refractivity contribution in [2.75, 3.05) is 6.61 Å². The Balaban J connectivity index is 1.95. The second-order valence-corrected chi connectivity index (χ2v) is 4.98. The Labute approximate surface area is 115 Å². The molecule has 1 aliphatic rings. The summed E-state index contributed by atoms with van der Waals surface area (Å²) in [6.45, 7) is -0.401. The molecule has 0 radical (unpaired) electrons. The summed E-state index contributed by atoms with van der Waals surface area (Å²) in [4.78, 5) is 7.47. The number of nitrogens with one attached hydrogen (secondary N) is 1.